The first-order valence-electron chi connectivity index (χ1n) is 5.78. The van der Waals surface area contributed by atoms with Gasteiger partial charge < -0.3 is 19.4 Å². The summed E-state index contributed by atoms with van der Waals surface area (Å²) < 4.78 is 9.77. The maximum atomic E-state index is 11.7. The molecule has 1 aromatic carbocycles. The van der Waals surface area contributed by atoms with Crippen molar-refractivity contribution in [1.29, 1.82) is 5.26 Å². The minimum Gasteiger partial charge on any atom is -0.510 e. The lowest BCUT2D eigenvalue weighted by atomic mass is 10.1. The third-order valence-corrected chi connectivity index (χ3v) is 1.98. The Morgan fingerprint density at radius 1 is 1.40 bits per heavy atom. The second-order valence-electron chi connectivity index (χ2n) is 4.89. The molecule has 0 aliphatic rings. The summed E-state index contributed by atoms with van der Waals surface area (Å²) >= 11 is 0. The average Bonchev–Trinajstić information content (AvgIpc) is 2.28. The van der Waals surface area contributed by atoms with E-state index < -0.39 is 19.0 Å². The lowest BCUT2D eigenvalue weighted by Gasteiger charge is -2.20. The largest absolute Gasteiger partial charge is 0.707 e. The van der Waals surface area contributed by atoms with Crippen LogP contribution in [-0.4, -0.2) is 29.1 Å². The first-order chi connectivity index (χ1) is 9.21. The van der Waals surface area contributed by atoms with E-state index in [2.05, 4.69) is 5.32 Å². The number of hydrogen-bond acceptors (Lipinski definition) is 6. The molecule has 8 heteroatoms. The summed E-state index contributed by atoms with van der Waals surface area (Å²) in [4.78, 5) is 11.7. The molecule has 0 unspecified atom stereocenters. The molecule has 0 fully saturated rings. The number of amides is 1. The Bertz CT molecular complexity index is 534. The maximum Gasteiger partial charge on any atom is 0.707 e. The normalized spacial score (nSPS) is 10.4. The Morgan fingerprint density at radius 3 is 2.55 bits per heavy atom. The van der Waals surface area contributed by atoms with Gasteiger partial charge in [0.15, 0.2) is 0 Å². The summed E-state index contributed by atoms with van der Waals surface area (Å²) in [5, 5.41) is 28.8. The molecule has 0 atom stereocenters. The molecule has 0 bridgehead atoms. The van der Waals surface area contributed by atoms with Crippen molar-refractivity contribution in [2.75, 3.05) is 5.32 Å². The van der Waals surface area contributed by atoms with Crippen LogP contribution in [0, 0.1) is 11.3 Å². The highest BCUT2D eigenvalue weighted by Crippen LogP contribution is 2.26. The third-order valence-electron chi connectivity index (χ3n) is 1.98. The zero-order valence-corrected chi connectivity index (χ0v) is 11.4. The summed E-state index contributed by atoms with van der Waals surface area (Å²) in [6.45, 7) is 5.10. The number of benzene rings is 1. The first kappa shape index (κ1) is 15.8. The van der Waals surface area contributed by atoms with E-state index in [1.807, 2.05) is 6.07 Å². The van der Waals surface area contributed by atoms with Crippen LogP contribution in [0.5, 0.6) is 5.75 Å². The molecule has 3 N–H and O–H groups in total. The SMILES string of the molecule is CC(C)(C)OC(=O)Nc1cc(C#N)ccc1OB(O)O. The van der Waals surface area contributed by atoms with Crippen LogP contribution in [0.2, 0.25) is 0 Å². The second kappa shape index (κ2) is 6.28. The fourth-order valence-corrected chi connectivity index (χ4v) is 1.33. The molecule has 0 heterocycles. The van der Waals surface area contributed by atoms with E-state index in [1.165, 1.54) is 18.2 Å². The number of nitriles is 1. The molecule has 0 aromatic heterocycles. The second-order valence-corrected chi connectivity index (χ2v) is 4.89. The van der Waals surface area contributed by atoms with Crippen molar-refractivity contribution >= 4 is 19.1 Å². The van der Waals surface area contributed by atoms with Crippen molar-refractivity contribution in [3.63, 3.8) is 0 Å². The minimum atomic E-state index is -2.04. The van der Waals surface area contributed by atoms with Crippen LogP contribution in [-0.2, 0) is 4.74 Å². The van der Waals surface area contributed by atoms with Crippen molar-refractivity contribution in [1.82, 2.24) is 0 Å². The van der Waals surface area contributed by atoms with E-state index in [4.69, 9.17) is 24.7 Å². The van der Waals surface area contributed by atoms with Crippen molar-refractivity contribution in [2.24, 2.45) is 0 Å². The van der Waals surface area contributed by atoms with Crippen LogP contribution in [0.25, 0.3) is 0 Å². The number of ether oxygens (including phenoxy) is 1. The number of carbonyl (C=O) groups is 1. The minimum absolute atomic E-state index is 0.00450. The summed E-state index contributed by atoms with van der Waals surface area (Å²) in [5.74, 6) is 0.00450. The van der Waals surface area contributed by atoms with E-state index in [1.54, 1.807) is 20.8 Å². The molecule has 20 heavy (non-hydrogen) atoms. The highest BCUT2D eigenvalue weighted by molar-refractivity contribution is 6.34. The Morgan fingerprint density at radius 2 is 2.05 bits per heavy atom. The van der Waals surface area contributed by atoms with Crippen LogP contribution >= 0.6 is 0 Å². The molecular formula is C12H15BN2O5. The van der Waals surface area contributed by atoms with Gasteiger partial charge in [0, 0.05) is 0 Å². The van der Waals surface area contributed by atoms with E-state index >= 15 is 0 Å². The Kier molecular flexibility index (Phi) is 4.97. The maximum absolute atomic E-state index is 11.7. The van der Waals surface area contributed by atoms with Gasteiger partial charge in [-0.3, -0.25) is 5.32 Å². The highest BCUT2D eigenvalue weighted by Gasteiger charge is 2.20. The van der Waals surface area contributed by atoms with Gasteiger partial charge >= 0.3 is 13.4 Å². The number of carbonyl (C=O) groups excluding carboxylic acids is 1. The third kappa shape index (κ3) is 5.18. The molecule has 1 aromatic rings. The molecule has 7 nitrogen and oxygen atoms in total. The Balaban J connectivity index is 2.96. The van der Waals surface area contributed by atoms with Gasteiger partial charge in [0.2, 0.25) is 0 Å². The van der Waals surface area contributed by atoms with Crippen molar-refractivity contribution in [3.05, 3.63) is 23.8 Å². The van der Waals surface area contributed by atoms with Gasteiger partial charge in [-0.25, -0.2) is 4.79 Å². The fourth-order valence-electron chi connectivity index (χ4n) is 1.33. The number of anilines is 1. The summed E-state index contributed by atoms with van der Waals surface area (Å²) in [6.07, 6.45) is -0.745. The van der Waals surface area contributed by atoms with E-state index in [0.29, 0.717) is 0 Å². The number of nitrogens with one attached hydrogen (secondary N) is 1. The monoisotopic (exact) mass is 278 g/mol. The van der Waals surface area contributed by atoms with Gasteiger partial charge in [-0.1, -0.05) is 0 Å². The predicted octanol–water partition coefficient (Wildman–Crippen LogP) is 1.25. The van der Waals surface area contributed by atoms with Gasteiger partial charge in [-0.2, -0.15) is 5.26 Å². The van der Waals surface area contributed by atoms with Crippen LogP contribution in [0.1, 0.15) is 26.3 Å². The summed E-state index contributed by atoms with van der Waals surface area (Å²) in [6, 6.07) is 5.98. The topological polar surface area (TPSA) is 112 Å². The molecule has 0 saturated heterocycles. The van der Waals surface area contributed by atoms with Gasteiger partial charge in [0.05, 0.1) is 17.3 Å². The zero-order chi connectivity index (χ0) is 15.3. The molecule has 0 radical (unpaired) electrons. The summed E-state index contributed by atoms with van der Waals surface area (Å²) in [5.41, 5.74) is -0.309. The lowest BCUT2D eigenvalue weighted by molar-refractivity contribution is 0.0635. The number of nitrogens with zero attached hydrogens (tertiary/aromatic N) is 1. The van der Waals surface area contributed by atoms with Gasteiger partial charge in [-0.05, 0) is 39.0 Å². The molecule has 0 aliphatic heterocycles. The van der Waals surface area contributed by atoms with Gasteiger partial charge in [-0.15, -0.1) is 0 Å². The van der Waals surface area contributed by atoms with Gasteiger partial charge in [0.25, 0.3) is 0 Å². The molecule has 0 spiro atoms. The van der Waals surface area contributed by atoms with Crippen molar-refractivity contribution in [2.45, 2.75) is 26.4 Å². The summed E-state index contributed by atoms with van der Waals surface area (Å²) in [7, 11) is -2.04. The van der Waals surface area contributed by atoms with Crippen LogP contribution in [0.15, 0.2) is 18.2 Å². The number of hydrogen-bond donors (Lipinski definition) is 3. The van der Waals surface area contributed by atoms with E-state index in [9.17, 15) is 4.79 Å². The van der Waals surface area contributed by atoms with Crippen LogP contribution < -0.4 is 9.97 Å². The smallest absolute Gasteiger partial charge is 0.510 e. The molecule has 106 valence electrons. The zero-order valence-electron chi connectivity index (χ0n) is 11.4. The molecule has 0 aliphatic carbocycles. The lowest BCUT2D eigenvalue weighted by Crippen LogP contribution is -2.28. The predicted molar refractivity (Wildman–Crippen MR) is 71.8 cm³/mol. The molecular weight excluding hydrogens is 263 g/mol. The average molecular weight is 278 g/mol. The van der Waals surface area contributed by atoms with Gasteiger partial charge in [0.1, 0.15) is 11.4 Å². The molecule has 1 amide bonds. The van der Waals surface area contributed by atoms with Crippen LogP contribution in [0.3, 0.4) is 0 Å². The number of rotatable bonds is 3. The first-order valence-corrected chi connectivity index (χ1v) is 5.78. The highest BCUT2D eigenvalue weighted by atomic mass is 16.6. The Hall–Kier alpha value is -2.24. The quantitative estimate of drug-likeness (QED) is 0.717. The Labute approximate surface area is 116 Å². The fraction of sp³-hybridized carbons (Fsp3) is 0.333. The molecule has 0 saturated carbocycles. The van der Waals surface area contributed by atoms with Crippen molar-refractivity contribution in [3.8, 4) is 11.8 Å². The standard InChI is InChI=1S/C12H15BN2O5/c1-12(2,3)19-11(16)15-9-6-8(7-14)4-5-10(9)20-13(17)18/h4-6,17-18H,1-3H3,(H,15,16). The van der Waals surface area contributed by atoms with Crippen molar-refractivity contribution < 1.29 is 24.2 Å². The van der Waals surface area contributed by atoms with E-state index in [-0.39, 0.29) is 17.0 Å². The van der Waals surface area contributed by atoms with E-state index in [0.717, 1.165) is 0 Å². The molecule has 1 rings (SSSR count). The van der Waals surface area contributed by atoms with Crippen LogP contribution in [0.4, 0.5) is 10.5 Å².